The number of aliphatic imine (C=N–C) groups is 1. The minimum Gasteiger partial charge on any atom is -0.381 e. The summed E-state index contributed by atoms with van der Waals surface area (Å²) in [6.45, 7) is 8.39. The van der Waals surface area contributed by atoms with Crippen molar-refractivity contribution in [2.24, 2.45) is 4.99 Å². The lowest BCUT2D eigenvalue weighted by Gasteiger charge is -2.11. The maximum atomic E-state index is 5.54. The molecule has 0 aromatic heterocycles. The van der Waals surface area contributed by atoms with Gasteiger partial charge in [0.25, 0.3) is 0 Å². The molecule has 126 valence electrons. The average molecular weight is 419 g/mol. The van der Waals surface area contributed by atoms with Gasteiger partial charge in [-0.3, -0.25) is 0 Å². The van der Waals surface area contributed by atoms with E-state index in [1.165, 1.54) is 12.0 Å². The van der Waals surface area contributed by atoms with Crippen LogP contribution in [0.3, 0.4) is 0 Å². The highest BCUT2D eigenvalue weighted by molar-refractivity contribution is 14.0. The first-order chi connectivity index (χ1) is 10.4. The van der Waals surface area contributed by atoms with Gasteiger partial charge >= 0.3 is 0 Å². The Bertz CT molecular complexity index is 385. The number of ether oxygens (including phenoxy) is 1. The minimum atomic E-state index is 0. The molecule has 5 heteroatoms. The van der Waals surface area contributed by atoms with Crippen molar-refractivity contribution < 1.29 is 4.74 Å². The van der Waals surface area contributed by atoms with Crippen LogP contribution in [0.2, 0.25) is 0 Å². The predicted octanol–water partition coefficient (Wildman–Crippen LogP) is 3.57. The van der Waals surface area contributed by atoms with Crippen LogP contribution in [0.1, 0.15) is 38.7 Å². The first-order valence-electron chi connectivity index (χ1n) is 8.00. The molecule has 4 nitrogen and oxygen atoms in total. The van der Waals surface area contributed by atoms with E-state index < -0.39 is 0 Å². The Morgan fingerprint density at radius 3 is 2.45 bits per heavy atom. The van der Waals surface area contributed by atoms with Crippen LogP contribution in [-0.2, 0) is 11.3 Å². The summed E-state index contributed by atoms with van der Waals surface area (Å²) in [6.07, 6.45) is 3.34. The molecule has 0 fully saturated rings. The summed E-state index contributed by atoms with van der Waals surface area (Å²) < 4.78 is 5.54. The van der Waals surface area contributed by atoms with Crippen molar-refractivity contribution >= 4 is 29.9 Å². The number of rotatable bonds is 10. The van der Waals surface area contributed by atoms with Crippen LogP contribution >= 0.6 is 24.0 Å². The van der Waals surface area contributed by atoms with Crippen molar-refractivity contribution in [2.45, 2.75) is 39.7 Å². The molecule has 0 atom stereocenters. The highest BCUT2D eigenvalue weighted by atomic mass is 127. The first kappa shape index (κ1) is 21.2. The van der Waals surface area contributed by atoms with Crippen LogP contribution < -0.4 is 10.6 Å². The van der Waals surface area contributed by atoms with E-state index in [4.69, 9.17) is 4.74 Å². The summed E-state index contributed by atoms with van der Waals surface area (Å²) in [5.74, 6) is 0.870. The van der Waals surface area contributed by atoms with Crippen molar-refractivity contribution in [3.8, 4) is 0 Å². The number of unbranched alkanes of at least 4 members (excludes halogenated alkanes) is 1. The number of halogens is 1. The summed E-state index contributed by atoms with van der Waals surface area (Å²) in [4.78, 5) is 4.58. The Hall–Kier alpha value is -0.820. The third kappa shape index (κ3) is 10.8. The van der Waals surface area contributed by atoms with Crippen molar-refractivity contribution in [3.63, 3.8) is 0 Å². The molecule has 22 heavy (non-hydrogen) atoms. The number of nitrogens with zero attached hydrogens (tertiary/aromatic N) is 1. The summed E-state index contributed by atoms with van der Waals surface area (Å²) >= 11 is 0. The van der Waals surface area contributed by atoms with Gasteiger partial charge in [-0.25, -0.2) is 4.99 Å². The molecule has 1 aromatic carbocycles. The lowest BCUT2D eigenvalue weighted by molar-refractivity contribution is 0.129. The number of hydrogen-bond donors (Lipinski definition) is 2. The van der Waals surface area contributed by atoms with Gasteiger partial charge < -0.3 is 15.4 Å². The molecule has 0 saturated heterocycles. The third-order valence-corrected chi connectivity index (χ3v) is 3.01. The van der Waals surface area contributed by atoms with Gasteiger partial charge in [0.05, 0.1) is 6.54 Å². The highest BCUT2D eigenvalue weighted by Crippen LogP contribution is 1.99. The van der Waals surface area contributed by atoms with Gasteiger partial charge in [0.15, 0.2) is 5.96 Å². The molecule has 1 aromatic rings. The quantitative estimate of drug-likeness (QED) is 0.264. The second kappa shape index (κ2) is 15.1. The topological polar surface area (TPSA) is 45.6 Å². The molecule has 2 N–H and O–H groups in total. The fourth-order valence-corrected chi connectivity index (χ4v) is 1.82. The monoisotopic (exact) mass is 419 g/mol. The Labute approximate surface area is 152 Å². The van der Waals surface area contributed by atoms with Crippen LogP contribution in [0.4, 0.5) is 0 Å². The van der Waals surface area contributed by atoms with E-state index in [0.29, 0.717) is 6.54 Å². The Morgan fingerprint density at radius 1 is 1.05 bits per heavy atom. The zero-order chi connectivity index (χ0) is 15.2. The molecule has 1 rings (SSSR count). The molecule has 0 aliphatic carbocycles. The molecule has 0 aliphatic rings. The van der Waals surface area contributed by atoms with Gasteiger partial charge in [0.2, 0.25) is 0 Å². The lowest BCUT2D eigenvalue weighted by Crippen LogP contribution is -2.38. The Balaban J connectivity index is 0.00000441. The molecular weight excluding hydrogens is 389 g/mol. The zero-order valence-corrected chi connectivity index (χ0v) is 16.1. The van der Waals surface area contributed by atoms with Gasteiger partial charge in [-0.2, -0.15) is 0 Å². The van der Waals surface area contributed by atoms with Gasteiger partial charge in [0.1, 0.15) is 0 Å². The SMILES string of the molecule is CCCCOCCCNC(=NCc1ccccc1)NCC.I. The van der Waals surface area contributed by atoms with E-state index in [2.05, 4.69) is 41.6 Å². The maximum Gasteiger partial charge on any atom is 0.191 e. The van der Waals surface area contributed by atoms with Gasteiger partial charge in [-0.05, 0) is 25.3 Å². The van der Waals surface area contributed by atoms with E-state index in [9.17, 15) is 0 Å². The van der Waals surface area contributed by atoms with E-state index in [1.54, 1.807) is 0 Å². The molecule has 0 saturated carbocycles. The van der Waals surface area contributed by atoms with Gasteiger partial charge in [0, 0.05) is 26.3 Å². The largest absolute Gasteiger partial charge is 0.381 e. The van der Waals surface area contributed by atoms with Crippen molar-refractivity contribution in [2.75, 3.05) is 26.3 Å². The Kier molecular flexibility index (Phi) is 14.5. The molecule has 0 unspecified atom stereocenters. The molecule has 0 radical (unpaired) electrons. The minimum absolute atomic E-state index is 0. The molecule has 0 spiro atoms. The van der Waals surface area contributed by atoms with Gasteiger partial charge in [-0.1, -0.05) is 43.7 Å². The summed E-state index contributed by atoms with van der Waals surface area (Å²) in [5, 5.41) is 6.60. The van der Waals surface area contributed by atoms with Crippen LogP contribution in [-0.4, -0.2) is 32.3 Å². The maximum absolute atomic E-state index is 5.54. The molecular formula is C17H30IN3O. The van der Waals surface area contributed by atoms with Crippen LogP contribution in [0.25, 0.3) is 0 Å². The summed E-state index contributed by atoms with van der Waals surface area (Å²) in [5.41, 5.74) is 1.22. The van der Waals surface area contributed by atoms with E-state index in [-0.39, 0.29) is 24.0 Å². The average Bonchev–Trinajstić information content (AvgIpc) is 2.52. The fraction of sp³-hybridized carbons (Fsp3) is 0.588. The number of nitrogens with one attached hydrogen (secondary N) is 2. The third-order valence-electron chi connectivity index (χ3n) is 3.01. The Morgan fingerprint density at radius 2 is 1.77 bits per heavy atom. The van der Waals surface area contributed by atoms with Crippen molar-refractivity contribution in [3.05, 3.63) is 35.9 Å². The molecule has 0 aliphatic heterocycles. The smallest absolute Gasteiger partial charge is 0.191 e. The van der Waals surface area contributed by atoms with Gasteiger partial charge in [-0.15, -0.1) is 24.0 Å². The van der Waals surface area contributed by atoms with Crippen LogP contribution in [0, 0.1) is 0 Å². The number of guanidine groups is 1. The van der Waals surface area contributed by atoms with Crippen LogP contribution in [0.5, 0.6) is 0 Å². The summed E-state index contributed by atoms with van der Waals surface area (Å²) in [7, 11) is 0. The van der Waals surface area contributed by atoms with E-state index in [1.807, 2.05) is 18.2 Å². The number of hydrogen-bond acceptors (Lipinski definition) is 2. The summed E-state index contributed by atoms with van der Waals surface area (Å²) in [6, 6.07) is 10.3. The second-order valence-electron chi connectivity index (χ2n) is 4.93. The standard InChI is InChI=1S/C17H29N3O.HI/c1-3-5-13-21-14-9-12-19-17(18-4-2)20-15-16-10-7-6-8-11-16;/h6-8,10-11H,3-5,9,12-15H2,1-2H3,(H2,18,19,20);1H. The first-order valence-corrected chi connectivity index (χ1v) is 8.00. The van der Waals surface area contributed by atoms with Crippen LogP contribution in [0.15, 0.2) is 35.3 Å². The molecule has 0 bridgehead atoms. The van der Waals surface area contributed by atoms with E-state index in [0.717, 1.165) is 45.1 Å². The second-order valence-corrected chi connectivity index (χ2v) is 4.93. The van der Waals surface area contributed by atoms with Crippen molar-refractivity contribution in [1.82, 2.24) is 10.6 Å². The lowest BCUT2D eigenvalue weighted by atomic mass is 10.2. The van der Waals surface area contributed by atoms with Crippen molar-refractivity contribution in [1.29, 1.82) is 0 Å². The fourth-order valence-electron chi connectivity index (χ4n) is 1.82. The zero-order valence-electron chi connectivity index (χ0n) is 13.8. The predicted molar refractivity (Wildman–Crippen MR) is 105 cm³/mol. The number of benzene rings is 1. The normalized spacial score (nSPS) is 10.9. The molecule has 0 amide bonds. The van der Waals surface area contributed by atoms with E-state index >= 15 is 0 Å². The molecule has 0 heterocycles. The highest BCUT2D eigenvalue weighted by Gasteiger charge is 1.97.